The second-order valence-corrected chi connectivity index (χ2v) is 4.93. The third-order valence-corrected chi connectivity index (χ3v) is 3.43. The lowest BCUT2D eigenvalue weighted by Crippen LogP contribution is -2.29. The molecular weight excluding hydrogens is 258 g/mol. The summed E-state index contributed by atoms with van der Waals surface area (Å²) in [5.74, 6) is -0.250. The zero-order valence-corrected chi connectivity index (χ0v) is 11.7. The molecule has 0 fully saturated rings. The van der Waals surface area contributed by atoms with E-state index in [2.05, 4.69) is 0 Å². The van der Waals surface area contributed by atoms with E-state index in [1.165, 1.54) is 10.6 Å². The van der Waals surface area contributed by atoms with E-state index in [1.807, 2.05) is 13.0 Å². The molecule has 0 saturated heterocycles. The number of carbonyl (C=O) groups is 1. The fourth-order valence-corrected chi connectivity index (χ4v) is 2.58. The monoisotopic (exact) mass is 275 g/mol. The van der Waals surface area contributed by atoms with Gasteiger partial charge in [-0.1, -0.05) is 0 Å². The molecule has 5 nitrogen and oxygen atoms in total. The molecule has 1 N–H and O–H groups in total. The summed E-state index contributed by atoms with van der Waals surface area (Å²) < 4.78 is 6.79. The average molecular weight is 275 g/mol. The molecule has 0 aliphatic rings. The van der Waals surface area contributed by atoms with Crippen LogP contribution in [0.4, 0.5) is 0 Å². The molecule has 2 heterocycles. The summed E-state index contributed by atoms with van der Waals surface area (Å²) in [6.07, 6.45) is 2.12. The van der Waals surface area contributed by atoms with Gasteiger partial charge in [-0.3, -0.25) is 4.79 Å². The number of carboxylic acids is 1. The number of pyridine rings is 1. The van der Waals surface area contributed by atoms with Gasteiger partial charge in [-0.2, -0.15) is 0 Å². The lowest BCUT2D eigenvalue weighted by molar-refractivity contribution is 0.0694. The van der Waals surface area contributed by atoms with Crippen LogP contribution in [0.25, 0.3) is 0 Å². The first kappa shape index (κ1) is 14.1. The first-order valence-electron chi connectivity index (χ1n) is 6.40. The van der Waals surface area contributed by atoms with E-state index in [1.54, 1.807) is 26.2 Å². The lowest BCUT2D eigenvalue weighted by atomic mass is 10.1. The van der Waals surface area contributed by atoms with Crippen molar-refractivity contribution in [1.29, 1.82) is 0 Å². The molecule has 2 aromatic heterocycles. The van der Waals surface area contributed by atoms with Gasteiger partial charge in [-0.25, -0.2) is 4.79 Å². The molecule has 0 bridgehead atoms. The second kappa shape index (κ2) is 5.36. The van der Waals surface area contributed by atoms with Crippen molar-refractivity contribution in [2.75, 3.05) is 0 Å². The first-order chi connectivity index (χ1) is 9.41. The molecule has 0 amide bonds. The Kier molecular flexibility index (Phi) is 3.79. The van der Waals surface area contributed by atoms with Crippen LogP contribution in [0.5, 0.6) is 0 Å². The molecule has 1 unspecified atom stereocenters. The molecule has 0 aliphatic heterocycles. The van der Waals surface area contributed by atoms with Crippen molar-refractivity contribution in [2.45, 2.75) is 33.2 Å². The fraction of sp³-hybridized carbons (Fsp3) is 0.333. The Hall–Kier alpha value is -2.30. The van der Waals surface area contributed by atoms with E-state index < -0.39 is 5.97 Å². The van der Waals surface area contributed by atoms with Crippen molar-refractivity contribution in [3.05, 3.63) is 57.4 Å². The molecule has 106 valence electrons. The summed E-state index contributed by atoms with van der Waals surface area (Å²) in [6, 6.07) is 4.82. The van der Waals surface area contributed by atoms with Crippen LogP contribution < -0.4 is 5.56 Å². The maximum Gasteiger partial charge on any atom is 0.337 e. The van der Waals surface area contributed by atoms with E-state index in [4.69, 9.17) is 4.42 Å². The highest BCUT2D eigenvalue weighted by molar-refractivity contribution is 5.90. The number of aromatic carboxylic acids is 1. The molecule has 5 heteroatoms. The van der Waals surface area contributed by atoms with E-state index >= 15 is 0 Å². The smallest absolute Gasteiger partial charge is 0.337 e. The third-order valence-electron chi connectivity index (χ3n) is 3.43. The van der Waals surface area contributed by atoms with Crippen LogP contribution >= 0.6 is 0 Å². The van der Waals surface area contributed by atoms with Crippen LogP contribution in [0.2, 0.25) is 0 Å². The topological polar surface area (TPSA) is 72.4 Å². The SMILES string of the molecule is Cc1cc(=O)n(C(C)Cc2ccco2)c(C)c1C(=O)O. The number of aromatic nitrogens is 1. The molecule has 20 heavy (non-hydrogen) atoms. The number of hydrogen-bond donors (Lipinski definition) is 1. The largest absolute Gasteiger partial charge is 0.478 e. The highest BCUT2D eigenvalue weighted by atomic mass is 16.4. The fourth-order valence-electron chi connectivity index (χ4n) is 2.58. The number of rotatable bonds is 4. The Bertz CT molecular complexity index is 683. The second-order valence-electron chi connectivity index (χ2n) is 4.93. The Morgan fingerprint density at radius 1 is 1.45 bits per heavy atom. The van der Waals surface area contributed by atoms with Gasteiger partial charge in [0.15, 0.2) is 0 Å². The van der Waals surface area contributed by atoms with Crippen LogP contribution in [0.1, 0.15) is 40.3 Å². The third kappa shape index (κ3) is 2.52. The Labute approximate surface area is 116 Å². The van der Waals surface area contributed by atoms with Crippen LogP contribution in [0, 0.1) is 13.8 Å². The van der Waals surface area contributed by atoms with Crippen molar-refractivity contribution in [2.24, 2.45) is 0 Å². The van der Waals surface area contributed by atoms with Gasteiger partial charge < -0.3 is 14.1 Å². The zero-order chi connectivity index (χ0) is 14.9. The summed E-state index contributed by atoms with van der Waals surface area (Å²) in [6.45, 7) is 5.17. The predicted molar refractivity (Wildman–Crippen MR) is 74.3 cm³/mol. The molecule has 0 radical (unpaired) electrons. The van der Waals surface area contributed by atoms with Crippen LogP contribution in [0.15, 0.2) is 33.7 Å². The number of aryl methyl sites for hydroxylation is 1. The molecule has 0 aliphatic carbocycles. The van der Waals surface area contributed by atoms with Gasteiger partial charge >= 0.3 is 5.97 Å². The summed E-state index contributed by atoms with van der Waals surface area (Å²) in [4.78, 5) is 23.5. The van der Waals surface area contributed by atoms with Crippen molar-refractivity contribution in [3.63, 3.8) is 0 Å². The predicted octanol–water partition coefficient (Wildman–Crippen LogP) is 2.56. The Morgan fingerprint density at radius 3 is 2.70 bits per heavy atom. The average Bonchev–Trinajstić information content (AvgIpc) is 2.79. The molecule has 0 saturated carbocycles. The quantitative estimate of drug-likeness (QED) is 0.930. The number of hydrogen-bond acceptors (Lipinski definition) is 3. The lowest BCUT2D eigenvalue weighted by Gasteiger charge is -2.19. The molecular formula is C15H17NO4. The Balaban J connectivity index is 2.48. The van der Waals surface area contributed by atoms with Crippen molar-refractivity contribution in [3.8, 4) is 0 Å². The highest BCUT2D eigenvalue weighted by Crippen LogP contribution is 2.18. The number of carboxylic acid groups (broad SMARTS) is 1. The number of nitrogens with zero attached hydrogens (tertiary/aromatic N) is 1. The summed E-state index contributed by atoms with van der Waals surface area (Å²) in [5.41, 5.74) is 0.961. The minimum atomic E-state index is -1.01. The molecule has 0 spiro atoms. The molecule has 1 atom stereocenters. The van der Waals surface area contributed by atoms with Crippen LogP contribution in [0.3, 0.4) is 0 Å². The minimum absolute atomic E-state index is 0.174. The van der Waals surface area contributed by atoms with Gasteiger partial charge in [0.25, 0.3) is 5.56 Å². The van der Waals surface area contributed by atoms with Gasteiger partial charge in [-0.05, 0) is 38.5 Å². The maximum absolute atomic E-state index is 12.1. The van der Waals surface area contributed by atoms with Crippen LogP contribution in [-0.2, 0) is 6.42 Å². The van der Waals surface area contributed by atoms with Gasteiger partial charge in [0.05, 0.1) is 11.8 Å². The van der Waals surface area contributed by atoms with Gasteiger partial charge in [0, 0.05) is 24.2 Å². The van der Waals surface area contributed by atoms with E-state index in [9.17, 15) is 14.7 Å². The van der Waals surface area contributed by atoms with Crippen molar-refractivity contribution < 1.29 is 14.3 Å². The molecule has 2 aromatic rings. The molecule has 2 rings (SSSR count). The van der Waals surface area contributed by atoms with Crippen molar-refractivity contribution >= 4 is 5.97 Å². The summed E-state index contributed by atoms with van der Waals surface area (Å²) in [7, 11) is 0. The van der Waals surface area contributed by atoms with E-state index in [0.29, 0.717) is 17.7 Å². The highest BCUT2D eigenvalue weighted by Gasteiger charge is 2.19. The van der Waals surface area contributed by atoms with Crippen LogP contribution in [-0.4, -0.2) is 15.6 Å². The zero-order valence-electron chi connectivity index (χ0n) is 11.7. The van der Waals surface area contributed by atoms with Crippen molar-refractivity contribution in [1.82, 2.24) is 4.57 Å². The van der Waals surface area contributed by atoms with E-state index in [-0.39, 0.29) is 17.2 Å². The minimum Gasteiger partial charge on any atom is -0.478 e. The first-order valence-corrected chi connectivity index (χ1v) is 6.40. The van der Waals surface area contributed by atoms with Gasteiger partial charge in [0.1, 0.15) is 5.76 Å². The number of furan rings is 1. The Morgan fingerprint density at radius 2 is 2.15 bits per heavy atom. The summed E-state index contributed by atoms with van der Waals surface area (Å²) in [5, 5.41) is 9.27. The van der Waals surface area contributed by atoms with E-state index in [0.717, 1.165) is 5.76 Å². The maximum atomic E-state index is 12.1. The van der Waals surface area contributed by atoms with Gasteiger partial charge in [0.2, 0.25) is 0 Å². The molecule has 0 aromatic carbocycles. The summed E-state index contributed by atoms with van der Waals surface area (Å²) >= 11 is 0. The van der Waals surface area contributed by atoms with Gasteiger partial charge in [-0.15, -0.1) is 0 Å². The standard InChI is InChI=1S/C15H17NO4/c1-9-7-13(17)16(11(3)14(9)15(18)19)10(2)8-12-5-4-6-20-12/h4-7,10H,8H2,1-3H3,(H,18,19). The normalized spacial score (nSPS) is 12.3.